The molecule has 1 aliphatic rings. The van der Waals surface area contributed by atoms with Crippen LogP contribution >= 0.6 is 0 Å². The minimum Gasteiger partial charge on any atom is -0.406 e. The maximum Gasteiger partial charge on any atom is 0.573 e. The first-order valence-corrected chi connectivity index (χ1v) is 9.93. The van der Waals surface area contributed by atoms with Crippen LogP contribution in [-0.2, 0) is 13.1 Å². The summed E-state index contributed by atoms with van der Waals surface area (Å²) >= 11 is 0. The quantitative estimate of drug-likeness (QED) is 0.505. The number of nitrogens with zero attached hydrogens (tertiary/aromatic N) is 3. The summed E-state index contributed by atoms with van der Waals surface area (Å²) in [7, 11) is 0. The SMILES string of the molecule is Cc1c(-c2nc3n(n2)C[C@H](c2ccc(OC(F)(F)F)cc2)NC3)[nH]c2ccccc2c1=O. The van der Waals surface area contributed by atoms with Gasteiger partial charge in [-0.15, -0.1) is 18.3 Å². The molecular formula is C22H18F3N5O2. The van der Waals surface area contributed by atoms with Gasteiger partial charge in [-0.2, -0.15) is 0 Å². The molecule has 10 heteroatoms. The minimum atomic E-state index is -4.72. The summed E-state index contributed by atoms with van der Waals surface area (Å²) in [4.78, 5) is 20.6. The van der Waals surface area contributed by atoms with Crippen LogP contribution < -0.4 is 15.5 Å². The minimum absolute atomic E-state index is 0.0701. The van der Waals surface area contributed by atoms with Gasteiger partial charge >= 0.3 is 6.36 Å². The van der Waals surface area contributed by atoms with Crippen molar-refractivity contribution in [1.29, 1.82) is 0 Å². The van der Waals surface area contributed by atoms with Crippen molar-refractivity contribution < 1.29 is 17.9 Å². The molecule has 0 radical (unpaired) electrons. The number of para-hydroxylation sites is 1. The Morgan fingerprint density at radius 2 is 1.88 bits per heavy atom. The first kappa shape index (κ1) is 20.3. The number of nitrogens with one attached hydrogen (secondary N) is 2. The lowest BCUT2D eigenvalue weighted by atomic mass is 10.1. The molecule has 3 heterocycles. The number of fused-ring (bicyclic) bond motifs is 2. The van der Waals surface area contributed by atoms with Crippen molar-refractivity contribution in [3.63, 3.8) is 0 Å². The number of hydrogen-bond donors (Lipinski definition) is 2. The second-order valence-electron chi connectivity index (χ2n) is 7.58. The van der Waals surface area contributed by atoms with E-state index in [4.69, 9.17) is 0 Å². The molecule has 2 N–H and O–H groups in total. The summed E-state index contributed by atoms with van der Waals surface area (Å²) in [5.41, 5.74) is 2.55. The molecule has 32 heavy (non-hydrogen) atoms. The van der Waals surface area contributed by atoms with Crippen LogP contribution in [0.1, 0.15) is 23.0 Å². The zero-order valence-electron chi connectivity index (χ0n) is 16.9. The molecule has 164 valence electrons. The molecule has 0 spiro atoms. The van der Waals surface area contributed by atoms with E-state index in [9.17, 15) is 18.0 Å². The Morgan fingerprint density at radius 3 is 2.62 bits per heavy atom. The summed E-state index contributed by atoms with van der Waals surface area (Å²) in [6.07, 6.45) is -4.72. The third-order valence-electron chi connectivity index (χ3n) is 5.50. The number of benzene rings is 2. The van der Waals surface area contributed by atoms with Crippen LogP contribution in [0, 0.1) is 6.92 Å². The standard InChI is InChI=1S/C22H18F3N5O2/c1-12-19(27-16-5-3-2-4-15(16)20(12)31)21-28-18-10-26-17(11-30(18)29-21)13-6-8-14(9-7-13)32-22(23,24)25/h2-9,17,26H,10-11H2,1H3,(H,27,31)/t17-/m1/s1. The lowest BCUT2D eigenvalue weighted by Crippen LogP contribution is -2.32. The molecular weight excluding hydrogens is 423 g/mol. The zero-order valence-corrected chi connectivity index (χ0v) is 16.9. The van der Waals surface area contributed by atoms with Gasteiger partial charge in [-0.1, -0.05) is 24.3 Å². The van der Waals surface area contributed by atoms with Gasteiger partial charge in [0.05, 0.1) is 24.8 Å². The van der Waals surface area contributed by atoms with Gasteiger partial charge in [0, 0.05) is 16.5 Å². The second-order valence-corrected chi connectivity index (χ2v) is 7.58. The van der Waals surface area contributed by atoms with Gasteiger partial charge in [0.1, 0.15) is 11.6 Å². The fourth-order valence-corrected chi connectivity index (χ4v) is 3.89. The molecule has 1 aliphatic heterocycles. The van der Waals surface area contributed by atoms with E-state index in [-0.39, 0.29) is 17.2 Å². The van der Waals surface area contributed by atoms with Gasteiger partial charge in [0.25, 0.3) is 0 Å². The molecule has 0 unspecified atom stereocenters. The van der Waals surface area contributed by atoms with E-state index in [1.54, 1.807) is 29.8 Å². The Hall–Kier alpha value is -3.66. The predicted octanol–water partition coefficient (Wildman–Crippen LogP) is 3.84. The number of aromatic amines is 1. The molecule has 0 saturated carbocycles. The van der Waals surface area contributed by atoms with E-state index in [1.807, 2.05) is 18.2 Å². The van der Waals surface area contributed by atoms with E-state index in [1.165, 1.54) is 12.1 Å². The number of pyridine rings is 1. The van der Waals surface area contributed by atoms with E-state index < -0.39 is 6.36 Å². The van der Waals surface area contributed by atoms with Crippen LogP contribution in [0.5, 0.6) is 5.75 Å². The van der Waals surface area contributed by atoms with Crippen LogP contribution in [0.25, 0.3) is 22.4 Å². The Labute approximate surface area is 179 Å². The lowest BCUT2D eigenvalue weighted by molar-refractivity contribution is -0.274. The molecule has 0 amide bonds. The first-order valence-electron chi connectivity index (χ1n) is 9.93. The number of ether oxygens (including phenoxy) is 1. The highest BCUT2D eigenvalue weighted by atomic mass is 19.4. The molecule has 0 bridgehead atoms. The maximum atomic E-state index is 12.7. The summed E-state index contributed by atoms with van der Waals surface area (Å²) in [6.45, 7) is 2.61. The third-order valence-corrected chi connectivity index (χ3v) is 5.50. The zero-order chi connectivity index (χ0) is 22.5. The highest BCUT2D eigenvalue weighted by Crippen LogP contribution is 2.27. The Morgan fingerprint density at radius 1 is 1.12 bits per heavy atom. The third kappa shape index (κ3) is 3.73. The smallest absolute Gasteiger partial charge is 0.406 e. The fraction of sp³-hybridized carbons (Fsp3) is 0.227. The molecule has 4 aromatic rings. The number of hydrogen-bond acceptors (Lipinski definition) is 5. The predicted molar refractivity (Wildman–Crippen MR) is 111 cm³/mol. The molecule has 7 nitrogen and oxygen atoms in total. The van der Waals surface area contributed by atoms with Gasteiger partial charge < -0.3 is 15.0 Å². The number of alkyl halides is 3. The number of halogens is 3. The lowest BCUT2D eigenvalue weighted by Gasteiger charge is -2.24. The van der Waals surface area contributed by atoms with Gasteiger partial charge in [0.2, 0.25) is 0 Å². The summed E-state index contributed by atoms with van der Waals surface area (Å²) < 4.78 is 42.8. The highest BCUT2D eigenvalue weighted by molar-refractivity contribution is 5.82. The monoisotopic (exact) mass is 441 g/mol. The molecule has 2 aromatic heterocycles. The van der Waals surface area contributed by atoms with Crippen molar-refractivity contribution in [2.75, 3.05) is 0 Å². The van der Waals surface area contributed by atoms with Crippen LogP contribution in [0.2, 0.25) is 0 Å². The van der Waals surface area contributed by atoms with Gasteiger partial charge in [-0.3, -0.25) is 4.79 Å². The first-order chi connectivity index (χ1) is 15.3. The molecule has 2 aromatic carbocycles. The fourth-order valence-electron chi connectivity index (χ4n) is 3.89. The van der Waals surface area contributed by atoms with Crippen molar-refractivity contribution in [1.82, 2.24) is 25.1 Å². The number of H-pyrrole nitrogens is 1. The topological polar surface area (TPSA) is 84.8 Å². The van der Waals surface area contributed by atoms with Crippen LogP contribution in [-0.4, -0.2) is 26.1 Å². The van der Waals surface area contributed by atoms with Crippen molar-refractivity contribution in [3.8, 4) is 17.3 Å². The Kier molecular flexibility index (Phi) is 4.74. The van der Waals surface area contributed by atoms with Crippen molar-refractivity contribution in [2.45, 2.75) is 32.4 Å². The average molecular weight is 441 g/mol. The summed E-state index contributed by atoms with van der Waals surface area (Å²) in [6, 6.07) is 12.9. The van der Waals surface area contributed by atoms with E-state index in [2.05, 4.69) is 25.1 Å². The average Bonchev–Trinajstić information content (AvgIpc) is 3.19. The number of rotatable bonds is 3. The van der Waals surface area contributed by atoms with Crippen LogP contribution in [0.4, 0.5) is 13.2 Å². The van der Waals surface area contributed by atoms with Crippen molar-refractivity contribution in [2.24, 2.45) is 0 Å². The van der Waals surface area contributed by atoms with Gasteiger partial charge in [-0.25, -0.2) is 9.67 Å². The molecule has 0 fully saturated rings. The van der Waals surface area contributed by atoms with Gasteiger partial charge in [0.15, 0.2) is 11.3 Å². The molecule has 0 saturated heterocycles. The van der Waals surface area contributed by atoms with Crippen molar-refractivity contribution >= 4 is 10.9 Å². The van der Waals surface area contributed by atoms with E-state index in [0.717, 1.165) is 5.56 Å². The molecule has 1 atom stereocenters. The van der Waals surface area contributed by atoms with Crippen LogP contribution in [0.15, 0.2) is 53.3 Å². The maximum absolute atomic E-state index is 12.7. The van der Waals surface area contributed by atoms with Gasteiger partial charge in [-0.05, 0) is 36.8 Å². The second kappa shape index (κ2) is 7.49. The highest BCUT2D eigenvalue weighted by Gasteiger charge is 2.31. The normalized spacial score (nSPS) is 16.2. The van der Waals surface area contributed by atoms with E-state index >= 15 is 0 Å². The number of aromatic nitrogens is 4. The summed E-state index contributed by atoms with van der Waals surface area (Å²) in [5, 5.41) is 8.52. The largest absolute Gasteiger partial charge is 0.573 e. The molecule has 5 rings (SSSR count). The van der Waals surface area contributed by atoms with Crippen LogP contribution in [0.3, 0.4) is 0 Å². The van der Waals surface area contributed by atoms with E-state index in [0.29, 0.717) is 46.9 Å². The Balaban J connectivity index is 1.42. The molecule has 0 aliphatic carbocycles. The summed E-state index contributed by atoms with van der Waals surface area (Å²) in [5.74, 6) is 0.870. The Bertz CT molecular complexity index is 1360. The van der Waals surface area contributed by atoms with Crippen molar-refractivity contribution in [3.05, 3.63) is 75.7 Å².